The van der Waals surface area contributed by atoms with Crippen molar-refractivity contribution in [2.45, 2.75) is 45.4 Å². The quantitative estimate of drug-likeness (QED) is 0.416. The molecule has 0 saturated carbocycles. The molecule has 0 amide bonds. The second-order valence-electron chi connectivity index (χ2n) is 2.84. The van der Waals surface area contributed by atoms with Crippen LogP contribution in [0.25, 0.3) is 0 Å². The Hall–Kier alpha value is 0.579. The maximum Gasteiger partial charge on any atom is 0.505 e. The standard InChI is InChI=1S/C8H17O2P.Fe/c1-2-3-4-5-6-7-8-11(9)10;/h2-8H2,1H3;/p+1. The Kier molecular flexibility index (Phi) is 14.5. The third kappa shape index (κ3) is 13.2. The molecule has 0 rings (SSSR count). The Morgan fingerprint density at radius 1 is 1.08 bits per heavy atom. The topological polar surface area (TPSA) is 37.3 Å². The van der Waals surface area contributed by atoms with E-state index >= 15 is 0 Å². The van der Waals surface area contributed by atoms with Crippen molar-refractivity contribution >= 4 is 8.03 Å². The first-order chi connectivity index (χ1) is 5.27. The van der Waals surface area contributed by atoms with Crippen LogP contribution in [0.3, 0.4) is 0 Å². The first-order valence-electron chi connectivity index (χ1n) is 4.41. The van der Waals surface area contributed by atoms with Crippen LogP contribution in [0.4, 0.5) is 0 Å². The van der Waals surface area contributed by atoms with Crippen LogP contribution >= 0.6 is 8.03 Å². The molecule has 0 fully saturated rings. The van der Waals surface area contributed by atoms with Gasteiger partial charge in [0.1, 0.15) is 0 Å². The van der Waals surface area contributed by atoms with E-state index in [9.17, 15) is 4.57 Å². The van der Waals surface area contributed by atoms with Crippen LogP contribution in [0.5, 0.6) is 0 Å². The molecule has 1 N–H and O–H groups in total. The Bertz CT molecular complexity index is 109. The van der Waals surface area contributed by atoms with Crippen molar-refractivity contribution in [3.8, 4) is 0 Å². The normalized spacial score (nSPS) is 10.7. The molecule has 0 aliphatic rings. The van der Waals surface area contributed by atoms with Crippen molar-refractivity contribution in [3.63, 3.8) is 0 Å². The average Bonchev–Trinajstić information content (AvgIpc) is 1.96. The molecule has 0 saturated heterocycles. The van der Waals surface area contributed by atoms with Gasteiger partial charge in [0.2, 0.25) is 0 Å². The fourth-order valence-corrected chi connectivity index (χ4v) is 1.52. The summed E-state index contributed by atoms with van der Waals surface area (Å²) in [6.45, 7) is 2.19. The van der Waals surface area contributed by atoms with Crippen molar-refractivity contribution in [2.75, 3.05) is 6.16 Å². The Morgan fingerprint density at radius 3 is 2.08 bits per heavy atom. The Morgan fingerprint density at radius 2 is 1.58 bits per heavy atom. The zero-order chi connectivity index (χ0) is 8.53. The first kappa shape index (κ1) is 15.1. The third-order valence-corrected chi connectivity index (χ3v) is 2.40. The summed E-state index contributed by atoms with van der Waals surface area (Å²) in [5.74, 6) is 0. The van der Waals surface area contributed by atoms with Crippen molar-refractivity contribution in [2.24, 2.45) is 0 Å². The van der Waals surface area contributed by atoms with Crippen LogP contribution in [-0.4, -0.2) is 11.1 Å². The molecule has 0 spiro atoms. The van der Waals surface area contributed by atoms with E-state index in [1.165, 1.54) is 25.7 Å². The van der Waals surface area contributed by atoms with Gasteiger partial charge < -0.3 is 0 Å². The third-order valence-electron chi connectivity index (χ3n) is 1.70. The van der Waals surface area contributed by atoms with Crippen LogP contribution in [0.2, 0.25) is 0 Å². The van der Waals surface area contributed by atoms with E-state index in [2.05, 4.69) is 6.92 Å². The second-order valence-corrected chi connectivity index (χ2v) is 4.00. The van der Waals surface area contributed by atoms with Crippen LogP contribution in [0, 0.1) is 0 Å². The molecule has 4 heteroatoms. The minimum atomic E-state index is -1.87. The van der Waals surface area contributed by atoms with Crippen LogP contribution in [0.1, 0.15) is 45.4 Å². The molecule has 1 atom stereocenters. The summed E-state index contributed by atoms with van der Waals surface area (Å²) in [5, 5.41) is 0. The zero-order valence-electron chi connectivity index (χ0n) is 7.61. The molecule has 0 aromatic heterocycles. The average molecular weight is 233 g/mol. The number of unbranched alkanes of at least 4 members (excludes halogenated alkanes) is 5. The largest absolute Gasteiger partial charge is 0.505 e. The van der Waals surface area contributed by atoms with Crippen molar-refractivity contribution in [1.82, 2.24) is 0 Å². The number of rotatable bonds is 7. The van der Waals surface area contributed by atoms with Crippen LogP contribution < -0.4 is 0 Å². The number of hydrogen-bond acceptors (Lipinski definition) is 1. The molecule has 0 aliphatic carbocycles. The fourth-order valence-electron chi connectivity index (χ4n) is 1.03. The Labute approximate surface area is 86.5 Å². The molecular formula is C8H18FeO2P+. The van der Waals surface area contributed by atoms with Crippen LogP contribution in [-0.2, 0) is 21.6 Å². The number of hydrogen-bond donors (Lipinski definition) is 1. The van der Waals surface area contributed by atoms with E-state index in [-0.39, 0.29) is 17.1 Å². The minimum absolute atomic E-state index is 0. The van der Waals surface area contributed by atoms with Crippen molar-refractivity contribution in [3.05, 3.63) is 0 Å². The molecule has 0 bridgehead atoms. The monoisotopic (exact) mass is 233 g/mol. The predicted molar refractivity (Wildman–Crippen MR) is 48.1 cm³/mol. The summed E-state index contributed by atoms with van der Waals surface area (Å²) in [4.78, 5) is 8.46. The van der Waals surface area contributed by atoms with Gasteiger partial charge >= 0.3 is 8.03 Å². The first-order valence-corrected chi connectivity index (χ1v) is 5.80. The van der Waals surface area contributed by atoms with Gasteiger partial charge in [0.15, 0.2) is 6.16 Å². The molecule has 0 aromatic carbocycles. The summed E-state index contributed by atoms with van der Waals surface area (Å²) >= 11 is 0. The molecule has 0 heterocycles. The van der Waals surface area contributed by atoms with Gasteiger partial charge in [0.05, 0.1) is 0 Å². The van der Waals surface area contributed by atoms with E-state index < -0.39 is 8.03 Å². The minimum Gasteiger partial charge on any atom is -0.161 e. The summed E-state index contributed by atoms with van der Waals surface area (Å²) in [6.07, 6.45) is 7.56. The van der Waals surface area contributed by atoms with E-state index in [4.69, 9.17) is 4.89 Å². The van der Waals surface area contributed by atoms with Gasteiger partial charge in [-0.2, -0.15) is 4.89 Å². The summed E-state index contributed by atoms with van der Waals surface area (Å²) in [5.41, 5.74) is 0. The summed E-state index contributed by atoms with van der Waals surface area (Å²) in [7, 11) is -1.87. The van der Waals surface area contributed by atoms with Gasteiger partial charge in [-0.1, -0.05) is 32.6 Å². The molecular weight excluding hydrogens is 215 g/mol. The molecule has 0 radical (unpaired) electrons. The van der Waals surface area contributed by atoms with Crippen LogP contribution in [0.15, 0.2) is 0 Å². The van der Waals surface area contributed by atoms with Crippen molar-refractivity contribution < 1.29 is 26.5 Å². The second kappa shape index (κ2) is 11.6. The maximum absolute atomic E-state index is 10.2. The van der Waals surface area contributed by atoms with Crippen molar-refractivity contribution in [1.29, 1.82) is 0 Å². The van der Waals surface area contributed by atoms with Gasteiger partial charge in [0, 0.05) is 17.1 Å². The van der Waals surface area contributed by atoms with Gasteiger partial charge in [0.25, 0.3) is 0 Å². The van der Waals surface area contributed by atoms with E-state index in [0.717, 1.165) is 12.8 Å². The Balaban J connectivity index is 0. The van der Waals surface area contributed by atoms with E-state index in [1.54, 1.807) is 0 Å². The van der Waals surface area contributed by atoms with E-state index in [1.807, 2.05) is 0 Å². The molecule has 2 nitrogen and oxygen atoms in total. The zero-order valence-corrected chi connectivity index (χ0v) is 9.60. The molecule has 1 unspecified atom stereocenters. The fraction of sp³-hybridized carbons (Fsp3) is 1.00. The van der Waals surface area contributed by atoms with Gasteiger partial charge in [-0.05, 0) is 17.4 Å². The molecule has 12 heavy (non-hydrogen) atoms. The van der Waals surface area contributed by atoms with Gasteiger partial charge in [-0.3, -0.25) is 0 Å². The maximum atomic E-state index is 10.2. The van der Waals surface area contributed by atoms with E-state index in [0.29, 0.717) is 6.16 Å². The predicted octanol–water partition coefficient (Wildman–Crippen LogP) is 3.08. The summed E-state index contributed by atoms with van der Waals surface area (Å²) in [6, 6.07) is 0. The molecule has 74 valence electrons. The molecule has 0 aliphatic heterocycles. The smallest absolute Gasteiger partial charge is 0.161 e. The SMILES string of the molecule is CCCCCCCC[P+](=O)O.[Fe]. The summed E-state index contributed by atoms with van der Waals surface area (Å²) < 4.78 is 10.2. The van der Waals surface area contributed by atoms with Gasteiger partial charge in [-0.15, -0.1) is 0 Å². The molecule has 0 aromatic rings. The van der Waals surface area contributed by atoms with Gasteiger partial charge in [-0.25, -0.2) is 0 Å².